The molecule has 0 aromatic heterocycles. The van der Waals surface area contributed by atoms with Gasteiger partial charge in [-0.2, -0.15) is 0 Å². The fourth-order valence-electron chi connectivity index (χ4n) is 2.03. The van der Waals surface area contributed by atoms with Crippen LogP contribution in [0.2, 0.25) is 0 Å². The van der Waals surface area contributed by atoms with Gasteiger partial charge >= 0.3 is 0 Å². The van der Waals surface area contributed by atoms with Gasteiger partial charge in [-0.15, -0.1) is 6.58 Å². The molecule has 0 saturated carbocycles. The summed E-state index contributed by atoms with van der Waals surface area (Å²) in [5, 5.41) is 2.77. The lowest BCUT2D eigenvalue weighted by Gasteiger charge is -2.12. The molecule has 21 heavy (non-hydrogen) atoms. The van der Waals surface area contributed by atoms with Gasteiger partial charge in [0.15, 0.2) is 0 Å². The normalized spacial score (nSPS) is 10.0. The minimum absolute atomic E-state index is 0.0793. The van der Waals surface area contributed by atoms with E-state index in [2.05, 4.69) is 41.1 Å². The van der Waals surface area contributed by atoms with Gasteiger partial charge in [-0.25, -0.2) is 0 Å². The number of rotatable bonds is 5. The molecule has 0 heterocycles. The monoisotopic (exact) mass is 280 g/mol. The van der Waals surface area contributed by atoms with Crippen molar-refractivity contribution in [3.05, 3.63) is 66.7 Å². The van der Waals surface area contributed by atoms with Crippen molar-refractivity contribution < 1.29 is 4.79 Å². The van der Waals surface area contributed by atoms with E-state index in [9.17, 15) is 4.79 Å². The maximum atomic E-state index is 11.8. The predicted molar refractivity (Wildman–Crippen MR) is 88.7 cm³/mol. The Morgan fingerprint density at radius 2 is 1.57 bits per heavy atom. The lowest BCUT2D eigenvalue weighted by atomic mass is 10.0. The van der Waals surface area contributed by atoms with Crippen molar-refractivity contribution in [1.82, 2.24) is 5.32 Å². The Hall–Kier alpha value is -2.55. The standard InChI is InChI=1S/C18H20N2O/c1-4-13-19-18(21)16-7-5-14(6-8-16)15-9-11-17(12-10-15)20(2)3/h4-12H,1,13H2,2-3H3,(H,19,21). The summed E-state index contributed by atoms with van der Waals surface area (Å²) < 4.78 is 0. The van der Waals surface area contributed by atoms with Crippen LogP contribution in [0, 0.1) is 0 Å². The van der Waals surface area contributed by atoms with E-state index in [1.807, 2.05) is 38.4 Å². The Labute approximate surface area is 125 Å². The first-order valence-corrected chi connectivity index (χ1v) is 6.88. The summed E-state index contributed by atoms with van der Waals surface area (Å²) in [5.41, 5.74) is 4.06. The van der Waals surface area contributed by atoms with Crippen LogP contribution in [0.25, 0.3) is 11.1 Å². The third-order valence-electron chi connectivity index (χ3n) is 3.27. The molecule has 108 valence electrons. The van der Waals surface area contributed by atoms with Crippen molar-refractivity contribution in [2.45, 2.75) is 0 Å². The van der Waals surface area contributed by atoms with Gasteiger partial charge in [0.25, 0.3) is 5.91 Å². The molecule has 3 nitrogen and oxygen atoms in total. The van der Waals surface area contributed by atoms with Crippen LogP contribution in [-0.4, -0.2) is 26.5 Å². The molecule has 0 radical (unpaired) electrons. The average molecular weight is 280 g/mol. The van der Waals surface area contributed by atoms with E-state index >= 15 is 0 Å². The van der Waals surface area contributed by atoms with Crippen LogP contribution in [0.15, 0.2) is 61.2 Å². The number of benzene rings is 2. The zero-order valence-electron chi connectivity index (χ0n) is 12.5. The zero-order chi connectivity index (χ0) is 15.2. The fraction of sp³-hybridized carbons (Fsp3) is 0.167. The van der Waals surface area contributed by atoms with E-state index in [0.29, 0.717) is 12.1 Å². The van der Waals surface area contributed by atoms with Crippen LogP contribution < -0.4 is 10.2 Å². The second kappa shape index (κ2) is 6.75. The van der Waals surface area contributed by atoms with E-state index in [0.717, 1.165) is 11.1 Å². The zero-order valence-corrected chi connectivity index (χ0v) is 12.5. The number of carbonyl (C=O) groups excluding carboxylic acids is 1. The fourth-order valence-corrected chi connectivity index (χ4v) is 2.03. The molecule has 0 aliphatic rings. The minimum Gasteiger partial charge on any atom is -0.378 e. The highest BCUT2D eigenvalue weighted by Crippen LogP contribution is 2.22. The predicted octanol–water partition coefficient (Wildman–Crippen LogP) is 3.34. The molecule has 0 atom stereocenters. The van der Waals surface area contributed by atoms with Crippen molar-refractivity contribution in [2.75, 3.05) is 25.5 Å². The Balaban J connectivity index is 2.14. The quantitative estimate of drug-likeness (QED) is 0.852. The van der Waals surface area contributed by atoms with E-state index in [1.54, 1.807) is 6.08 Å². The summed E-state index contributed by atoms with van der Waals surface area (Å²) >= 11 is 0. The van der Waals surface area contributed by atoms with Crippen LogP contribution in [-0.2, 0) is 0 Å². The Morgan fingerprint density at radius 1 is 1.05 bits per heavy atom. The smallest absolute Gasteiger partial charge is 0.251 e. The molecular formula is C18H20N2O. The minimum atomic E-state index is -0.0793. The van der Waals surface area contributed by atoms with Gasteiger partial charge < -0.3 is 10.2 Å². The van der Waals surface area contributed by atoms with Gasteiger partial charge in [0.05, 0.1) is 0 Å². The molecule has 1 N–H and O–H groups in total. The third kappa shape index (κ3) is 3.72. The van der Waals surface area contributed by atoms with Crippen LogP contribution in [0.4, 0.5) is 5.69 Å². The summed E-state index contributed by atoms with van der Waals surface area (Å²) in [5.74, 6) is -0.0793. The van der Waals surface area contributed by atoms with Gasteiger partial charge in [0.1, 0.15) is 0 Å². The van der Waals surface area contributed by atoms with Gasteiger partial charge in [-0.1, -0.05) is 30.3 Å². The third-order valence-corrected chi connectivity index (χ3v) is 3.27. The van der Waals surface area contributed by atoms with Crippen LogP contribution in [0.1, 0.15) is 10.4 Å². The average Bonchev–Trinajstić information content (AvgIpc) is 2.53. The molecule has 3 heteroatoms. The molecule has 2 aromatic carbocycles. The van der Waals surface area contributed by atoms with E-state index in [1.165, 1.54) is 5.69 Å². The Bertz CT molecular complexity index is 613. The topological polar surface area (TPSA) is 32.3 Å². The van der Waals surface area contributed by atoms with Crippen molar-refractivity contribution in [3.8, 4) is 11.1 Å². The van der Waals surface area contributed by atoms with Crippen LogP contribution >= 0.6 is 0 Å². The van der Waals surface area contributed by atoms with Crippen molar-refractivity contribution in [2.24, 2.45) is 0 Å². The molecule has 0 unspecified atom stereocenters. The first-order chi connectivity index (χ1) is 10.1. The number of nitrogens with one attached hydrogen (secondary N) is 1. The Kier molecular flexibility index (Phi) is 4.77. The summed E-state index contributed by atoms with van der Waals surface area (Å²) in [7, 11) is 4.04. The van der Waals surface area contributed by atoms with Crippen molar-refractivity contribution >= 4 is 11.6 Å². The highest BCUT2D eigenvalue weighted by Gasteiger charge is 2.05. The van der Waals surface area contributed by atoms with Gasteiger partial charge in [-0.05, 0) is 35.4 Å². The first-order valence-electron chi connectivity index (χ1n) is 6.88. The maximum Gasteiger partial charge on any atom is 0.251 e. The molecule has 2 rings (SSSR count). The highest BCUT2D eigenvalue weighted by molar-refractivity contribution is 5.94. The lowest BCUT2D eigenvalue weighted by Crippen LogP contribution is -2.22. The summed E-state index contributed by atoms with van der Waals surface area (Å²) in [6.45, 7) is 4.06. The molecule has 0 aliphatic carbocycles. The van der Waals surface area contributed by atoms with E-state index in [4.69, 9.17) is 0 Å². The molecular weight excluding hydrogens is 260 g/mol. The van der Waals surface area contributed by atoms with Crippen LogP contribution in [0.5, 0.6) is 0 Å². The summed E-state index contributed by atoms with van der Waals surface area (Å²) in [6.07, 6.45) is 1.67. The number of anilines is 1. The van der Waals surface area contributed by atoms with E-state index in [-0.39, 0.29) is 5.91 Å². The molecule has 1 amide bonds. The number of hydrogen-bond acceptors (Lipinski definition) is 2. The van der Waals surface area contributed by atoms with Gasteiger partial charge in [-0.3, -0.25) is 4.79 Å². The summed E-state index contributed by atoms with van der Waals surface area (Å²) in [6, 6.07) is 16.0. The molecule has 0 aliphatic heterocycles. The number of hydrogen-bond donors (Lipinski definition) is 1. The summed E-state index contributed by atoms with van der Waals surface area (Å²) in [4.78, 5) is 13.9. The molecule has 0 bridgehead atoms. The molecule has 0 spiro atoms. The maximum absolute atomic E-state index is 11.8. The van der Waals surface area contributed by atoms with Crippen molar-refractivity contribution in [1.29, 1.82) is 0 Å². The highest BCUT2D eigenvalue weighted by atomic mass is 16.1. The Morgan fingerprint density at radius 3 is 2.05 bits per heavy atom. The largest absolute Gasteiger partial charge is 0.378 e. The van der Waals surface area contributed by atoms with Crippen LogP contribution in [0.3, 0.4) is 0 Å². The van der Waals surface area contributed by atoms with Gasteiger partial charge in [0.2, 0.25) is 0 Å². The SMILES string of the molecule is C=CCNC(=O)c1ccc(-c2ccc(N(C)C)cc2)cc1. The van der Waals surface area contributed by atoms with E-state index < -0.39 is 0 Å². The van der Waals surface area contributed by atoms with Gasteiger partial charge in [0, 0.05) is 31.9 Å². The number of carbonyl (C=O) groups is 1. The molecule has 2 aromatic rings. The van der Waals surface area contributed by atoms with Crippen molar-refractivity contribution in [3.63, 3.8) is 0 Å². The number of amides is 1. The number of nitrogens with zero attached hydrogens (tertiary/aromatic N) is 1. The molecule has 0 fully saturated rings. The first kappa shape index (κ1) is 14.9. The second-order valence-electron chi connectivity index (χ2n) is 5.02. The molecule has 0 saturated heterocycles. The lowest BCUT2D eigenvalue weighted by molar-refractivity contribution is 0.0958. The second-order valence-corrected chi connectivity index (χ2v) is 5.02.